The fourth-order valence-corrected chi connectivity index (χ4v) is 7.60. The van der Waals surface area contributed by atoms with Gasteiger partial charge in [-0.3, -0.25) is 14.4 Å². The molecule has 1 unspecified atom stereocenters. The number of allylic oxidation sites excluding steroid dienone is 4. The summed E-state index contributed by atoms with van der Waals surface area (Å²) in [7, 11) is 0. The van der Waals surface area contributed by atoms with Gasteiger partial charge >= 0.3 is 5.97 Å². The number of hydrogen-bond acceptors (Lipinski definition) is 6. The zero-order chi connectivity index (χ0) is 21.7. The van der Waals surface area contributed by atoms with Gasteiger partial charge in [-0.25, -0.2) is 4.79 Å². The van der Waals surface area contributed by atoms with Crippen molar-refractivity contribution in [3.05, 3.63) is 23.8 Å². The van der Waals surface area contributed by atoms with Gasteiger partial charge in [0.25, 0.3) is 5.78 Å². The van der Waals surface area contributed by atoms with E-state index in [9.17, 15) is 24.3 Å². The van der Waals surface area contributed by atoms with E-state index in [2.05, 4.69) is 0 Å². The second-order valence-corrected chi connectivity index (χ2v) is 9.94. The Balaban J connectivity index is 1.67. The number of carboxylic acids is 1. The average molecular weight is 414 g/mol. The largest absolute Gasteiger partial charge is 0.475 e. The molecule has 30 heavy (non-hydrogen) atoms. The van der Waals surface area contributed by atoms with E-state index in [4.69, 9.17) is 9.47 Å². The summed E-state index contributed by atoms with van der Waals surface area (Å²) in [5.74, 6) is -3.16. The average Bonchev–Trinajstić information content (AvgIpc) is 2.80. The normalized spacial score (nSPS) is 49.0. The number of carbonyl (C=O) groups excluding carboxylic acids is 3. The molecule has 7 nitrogen and oxygen atoms in total. The summed E-state index contributed by atoms with van der Waals surface area (Å²) in [5.41, 5.74) is -3.04. The van der Waals surface area contributed by atoms with Crippen molar-refractivity contribution < 1.29 is 33.8 Å². The Hall–Kier alpha value is -2.12. The third-order valence-electron chi connectivity index (χ3n) is 8.83. The van der Waals surface area contributed by atoms with Gasteiger partial charge in [-0.05, 0) is 50.7 Å². The molecule has 0 spiro atoms. The molecule has 3 saturated carbocycles. The predicted octanol–water partition coefficient (Wildman–Crippen LogP) is 2.38. The lowest BCUT2D eigenvalue weighted by molar-refractivity contribution is -0.355. The molecule has 5 aliphatic rings. The summed E-state index contributed by atoms with van der Waals surface area (Å²) in [6, 6.07) is 0. The minimum Gasteiger partial charge on any atom is -0.475 e. The summed E-state index contributed by atoms with van der Waals surface area (Å²) in [5, 5.41) is 9.55. The maximum Gasteiger partial charge on any atom is 0.375 e. The van der Waals surface area contributed by atoms with E-state index in [0.717, 1.165) is 5.57 Å². The van der Waals surface area contributed by atoms with Gasteiger partial charge in [-0.1, -0.05) is 25.5 Å². The van der Waals surface area contributed by atoms with E-state index in [1.54, 1.807) is 19.9 Å². The van der Waals surface area contributed by atoms with Crippen molar-refractivity contribution in [2.45, 2.75) is 70.4 Å². The van der Waals surface area contributed by atoms with Crippen LogP contribution in [0, 0.1) is 22.7 Å². The minimum absolute atomic E-state index is 0.0172. The van der Waals surface area contributed by atoms with Gasteiger partial charge in [-0.15, -0.1) is 0 Å². The van der Waals surface area contributed by atoms with E-state index in [0.29, 0.717) is 19.3 Å². The molecular weight excluding hydrogens is 388 g/mol. The summed E-state index contributed by atoms with van der Waals surface area (Å²) in [6.45, 7) is 5.49. The highest BCUT2D eigenvalue weighted by Crippen LogP contribution is 2.72. The predicted molar refractivity (Wildman–Crippen MR) is 103 cm³/mol. The molecule has 1 aliphatic heterocycles. The second-order valence-electron chi connectivity index (χ2n) is 9.94. The van der Waals surface area contributed by atoms with Crippen molar-refractivity contribution in [2.75, 3.05) is 0 Å². The third-order valence-corrected chi connectivity index (χ3v) is 8.83. The second kappa shape index (κ2) is 5.77. The fraction of sp³-hybridized carbons (Fsp3) is 0.652. The maximum absolute atomic E-state index is 13.6. The van der Waals surface area contributed by atoms with Crippen LogP contribution in [0.5, 0.6) is 0 Å². The molecule has 7 heteroatoms. The monoisotopic (exact) mass is 414 g/mol. The quantitative estimate of drug-likeness (QED) is 0.691. The Bertz CT molecular complexity index is 963. The van der Waals surface area contributed by atoms with E-state index in [-0.39, 0.29) is 36.2 Å². The number of carbonyl (C=O) groups is 4. The first-order valence-electron chi connectivity index (χ1n) is 10.6. The van der Waals surface area contributed by atoms with Crippen molar-refractivity contribution in [1.82, 2.24) is 0 Å². The molecule has 0 aromatic carbocycles. The number of ketones is 3. The van der Waals surface area contributed by atoms with Crippen LogP contribution >= 0.6 is 0 Å². The number of ether oxygens (including phenoxy) is 2. The van der Waals surface area contributed by atoms with Gasteiger partial charge in [0.15, 0.2) is 12.1 Å². The van der Waals surface area contributed by atoms with Gasteiger partial charge in [0.2, 0.25) is 0 Å². The molecule has 0 aromatic rings. The van der Waals surface area contributed by atoms with Crippen LogP contribution < -0.4 is 0 Å². The van der Waals surface area contributed by atoms with Crippen LogP contribution in [0.2, 0.25) is 0 Å². The van der Waals surface area contributed by atoms with Crippen LogP contribution in [-0.2, 0) is 28.7 Å². The maximum atomic E-state index is 13.6. The Morgan fingerprint density at radius 2 is 1.90 bits per heavy atom. The highest BCUT2D eigenvalue weighted by molar-refractivity contribution is 6.36. The molecule has 4 fully saturated rings. The molecule has 2 bridgehead atoms. The molecule has 7 atom stereocenters. The topological polar surface area (TPSA) is 107 Å². The number of Topliss-reactive ketones (excluding diaryl/α,β-unsaturated/α-hetero) is 2. The molecule has 0 radical (unpaired) electrons. The molecular formula is C23H26O7. The van der Waals surface area contributed by atoms with Crippen LogP contribution in [-0.4, -0.2) is 45.9 Å². The molecule has 4 aliphatic carbocycles. The fourth-order valence-electron chi connectivity index (χ4n) is 7.60. The van der Waals surface area contributed by atoms with Gasteiger partial charge in [-0.2, -0.15) is 0 Å². The zero-order valence-corrected chi connectivity index (χ0v) is 17.4. The Kier molecular flexibility index (Phi) is 3.81. The van der Waals surface area contributed by atoms with Crippen molar-refractivity contribution in [1.29, 1.82) is 0 Å². The minimum atomic E-state index is -1.56. The molecule has 5 rings (SSSR count). The van der Waals surface area contributed by atoms with Crippen molar-refractivity contribution in [2.24, 2.45) is 22.7 Å². The van der Waals surface area contributed by atoms with Crippen LogP contribution in [0.1, 0.15) is 52.9 Å². The van der Waals surface area contributed by atoms with Crippen molar-refractivity contribution >= 4 is 23.3 Å². The number of fused-ring (bicyclic) bond motifs is 3. The first-order valence-corrected chi connectivity index (χ1v) is 10.6. The molecule has 0 aromatic heterocycles. The highest BCUT2D eigenvalue weighted by Gasteiger charge is 2.80. The lowest BCUT2D eigenvalue weighted by atomic mass is 9.44. The Labute approximate surface area is 174 Å². The molecule has 0 amide bonds. The summed E-state index contributed by atoms with van der Waals surface area (Å²) in [6.07, 6.45) is 6.32. The number of rotatable bonds is 2. The number of aliphatic carboxylic acids is 1. The Morgan fingerprint density at radius 1 is 1.17 bits per heavy atom. The van der Waals surface area contributed by atoms with Crippen molar-refractivity contribution in [3.63, 3.8) is 0 Å². The van der Waals surface area contributed by atoms with Crippen LogP contribution in [0.25, 0.3) is 0 Å². The van der Waals surface area contributed by atoms with E-state index in [1.807, 2.05) is 13.0 Å². The van der Waals surface area contributed by atoms with Gasteiger partial charge in [0, 0.05) is 23.2 Å². The van der Waals surface area contributed by atoms with E-state index >= 15 is 0 Å². The highest BCUT2D eigenvalue weighted by atomic mass is 16.7. The van der Waals surface area contributed by atoms with Crippen LogP contribution in [0.4, 0.5) is 0 Å². The lowest BCUT2D eigenvalue weighted by Gasteiger charge is -2.65. The van der Waals surface area contributed by atoms with Crippen LogP contribution in [0.3, 0.4) is 0 Å². The van der Waals surface area contributed by atoms with Gasteiger partial charge < -0.3 is 14.6 Å². The van der Waals surface area contributed by atoms with E-state index in [1.165, 1.54) is 6.08 Å². The van der Waals surface area contributed by atoms with E-state index < -0.39 is 40.1 Å². The SMILES string of the molecule is CC1O[C@@]2(C(=O)C(=O)O)CC[C@@]3(O1)[C@@H]1CCC4=CC(=O)C=C[C@]4(C)[C@H]1C(=O)C[C@]23C. The smallest absolute Gasteiger partial charge is 0.375 e. The first-order chi connectivity index (χ1) is 14.0. The third kappa shape index (κ3) is 2.03. The summed E-state index contributed by atoms with van der Waals surface area (Å²) in [4.78, 5) is 50.3. The van der Waals surface area contributed by atoms with Gasteiger partial charge in [0.05, 0.1) is 5.60 Å². The molecule has 1 saturated heterocycles. The molecule has 160 valence electrons. The molecule has 1 heterocycles. The van der Waals surface area contributed by atoms with Crippen molar-refractivity contribution in [3.8, 4) is 0 Å². The number of hydrogen-bond donors (Lipinski definition) is 1. The van der Waals surface area contributed by atoms with Gasteiger partial charge in [0.1, 0.15) is 11.4 Å². The molecule has 1 N–H and O–H groups in total. The van der Waals surface area contributed by atoms with Crippen LogP contribution in [0.15, 0.2) is 23.8 Å². The standard InChI is InChI=1S/C23H26O7/c1-12-29-22-8-9-23(30-12,18(26)19(27)28)21(22,3)11-16(25)17-15(22)5-4-13-10-14(24)6-7-20(13,17)2/h6-7,10,12,15,17H,4-5,8-9,11H2,1-3H3,(H,27,28)/t12?,15-,17-,20+,21+,22-,23-/m1/s1. The zero-order valence-electron chi connectivity index (χ0n) is 17.4. The lowest BCUT2D eigenvalue weighted by Crippen LogP contribution is -2.73. The summed E-state index contributed by atoms with van der Waals surface area (Å²) >= 11 is 0. The number of carboxylic acid groups (broad SMARTS) is 1. The first kappa shape index (κ1) is 19.8. The Morgan fingerprint density at radius 3 is 2.60 bits per heavy atom. The summed E-state index contributed by atoms with van der Waals surface area (Å²) < 4.78 is 12.4.